The van der Waals surface area contributed by atoms with Gasteiger partial charge in [0.05, 0.1) is 11.8 Å². The van der Waals surface area contributed by atoms with Crippen LogP contribution >= 0.6 is 0 Å². The molecule has 2 aromatic rings. The number of benzene rings is 1. The highest BCUT2D eigenvalue weighted by molar-refractivity contribution is 5.26. The van der Waals surface area contributed by atoms with E-state index in [-0.39, 0.29) is 5.82 Å². The van der Waals surface area contributed by atoms with Crippen molar-refractivity contribution in [3.05, 3.63) is 53.6 Å². The number of aromatic nitrogens is 2. The first-order valence-electron chi connectivity index (χ1n) is 8.83. The minimum Gasteiger partial charge on any atom is -0.385 e. The monoisotopic (exact) mass is 329 g/mol. The number of fused-ring (bicyclic) bond motifs is 2. The topological polar surface area (TPSA) is 41.3 Å². The molecule has 4 rings (SSSR count). The molecule has 2 fully saturated rings. The SMILES string of the molecule is CCn1cc(CN2[C@H]3CC[C@H]2CC(O)(c2ccc(F)cc2)C3)cn1. The van der Waals surface area contributed by atoms with E-state index in [1.807, 2.05) is 10.9 Å². The van der Waals surface area contributed by atoms with E-state index in [0.717, 1.165) is 44.3 Å². The number of nitrogens with zero attached hydrogens (tertiary/aromatic N) is 3. The molecule has 24 heavy (non-hydrogen) atoms. The summed E-state index contributed by atoms with van der Waals surface area (Å²) in [4.78, 5) is 2.52. The Kier molecular flexibility index (Phi) is 3.93. The third-order valence-electron chi connectivity index (χ3n) is 5.68. The summed E-state index contributed by atoms with van der Waals surface area (Å²) in [6, 6.07) is 7.11. The van der Waals surface area contributed by atoms with Gasteiger partial charge in [-0.15, -0.1) is 0 Å². The van der Waals surface area contributed by atoms with Crippen molar-refractivity contribution in [1.82, 2.24) is 14.7 Å². The minimum absolute atomic E-state index is 0.254. The number of hydrogen-bond donors (Lipinski definition) is 1. The Morgan fingerprint density at radius 2 is 1.88 bits per heavy atom. The standard InChI is InChI=1S/C19H24FN3O/c1-2-22-12-14(11-21-22)13-23-17-7-8-18(23)10-19(24,9-17)15-3-5-16(20)6-4-15/h3-6,11-12,17-18,24H,2,7-10,13H2,1H3/t17-,18-/m0/s1. The molecule has 128 valence electrons. The van der Waals surface area contributed by atoms with Gasteiger partial charge in [0.1, 0.15) is 5.82 Å². The second kappa shape index (κ2) is 5.97. The van der Waals surface area contributed by atoms with Crippen molar-refractivity contribution in [2.24, 2.45) is 0 Å². The molecule has 0 aliphatic carbocycles. The Bertz CT molecular complexity index is 698. The lowest BCUT2D eigenvalue weighted by Crippen LogP contribution is -2.49. The number of halogens is 1. The van der Waals surface area contributed by atoms with Crippen molar-refractivity contribution in [3.8, 4) is 0 Å². The second-order valence-corrected chi connectivity index (χ2v) is 7.21. The Morgan fingerprint density at radius 3 is 2.46 bits per heavy atom. The molecule has 4 nitrogen and oxygen atoms in total. The molecule has 2 aliphatic heterocycles. The molecule has 2 atom stereocenters. The summed E-state index contributed by atoms with van der Waals surface area (Å²) in [6.45, 7) is 3.87. The zero-order valence-electron chi connectivity index (χ0n) is 14.0. The van der Waals surface area contributed by atoms with Gasteiger partial charge in [-0.3, -0.25) is 9.58 Å². The Balaban J connectivity index is 1.51. The largest absolute Gasteiger partial charge is 0.385 e. The summed E-state index contributed by atoms with van der Waals surface area (Å²) >= 11 is 0. The van der Waals surface area contributed by atoms with Gasteiger partial charge in [-0.05, 0) is 50.3 Å². The summed E-state index contributed by atoms with van der Waals surface area (Å²) in [5.74, 6) is -0.254. The normalized spacial score (nSPS) is 30.0. The van der Waals surface area contributed by atoms with Gasteiger partial charge in [0.25, 0.3) is 0 Å². The van der Waals surface area contributed by atoms with E-state index in [4.69, 9.17) is 0 Å². The second-order valence-electron chi connectivity index (χ2n) is 7.21. The first kappa shape index (κ1) is 15.8. The lowest BCUT2D eigenvalue weighted by atomic mass is 9.80. The van der Waals surface area contributed by atoms with E-state index in [1.54, 1.807) is 12.1 Å². The average Bonchev–Trinajstić information content (AvgIpc) is 3.12. The van der Waals surface area contributed by atoms with E-state index < -0.39 is 5.60 Å². The molecule has 0 saturated carbocycles. The average molecular weight is 329 g/mol. The predicted molar refractivity (Wildman–Crippen MR) is 89.8 cm³/mol. The number of aryl methyl sites for hydroxylation is 1. The zero-order chi connectivity index (χ0) is 16.7. The lowest BCUT2D eigenvalue weighted by Gasteiger charge is -2.44. The van der Waals surface area contributed by atoms with Crippen molar-refractivity contribution in [2.75, 3.05) is 0 Å². The van der Waals surface area contributed by atoms with Crippen molar-refractivity contribution in [2.45, 2.75) is 63.4 Å². The molecular formula is C19H24FN3O. The van der Waals surface area contributed by atoms with Gasteiger partial charge in [-0.2, -0.15) is 5.10 Å². The van der Waals surface area contributed by atoms with Gasteiger partial charge in [0.2, 0.25) is 0 Å². The van der Waals surface area contributed by atoms with Crippen LogP contribution in [0.25, 0.3) is 0 Å². The van der Waals surface area contributed by atoms with Crippen molar-refractivity contribution in [3.63, 3.8) is 0 Å². The maximum absolute atomic E-state index is 13.2. The van der Waals surface area contributed by atoms with E-state index in [0.29, 0.717) is 12.1 Å². The Hall–Kier alpha value is -1.72. The summed E-state index contributed by atoms with van der Waals surface area (Å²) in [5, 5.41) is 15.5. The van der Waals surface area contributed by atoms with E-state index >= 15 is 0 Å². The van der Waals surface area contributed by atoms with Crippen LogP contribution in [0.15, 0.2) is 36.7 Å². The third kappa shape index (κ3) is 2.76. The van der Waals surface area contributed by atoms with Crippen LogP contribution in [-0.2, 0) is 18.7 Å². The first-order valence-corrected chi connectivity index (χ1v) is 8.83. The molecule has 5 heteroatoms. The van der Waals surface area contributed by atoms with Gasteiger partial charge < -0.3 is 5.11 Å². The Labute approximate surface area is 141 Å². The van der Waals surface area contributed by atoms with Crippen LogP contribution in [0.3, 0.4) is 0 Å². The van der Waals surface area contributed by atoms with Crippen molar-refractivity contribution >= 4 is 0 Å². The number of hydrogen-bond acceptors (Lipinski definition) is 3. The maximum Gasteiger partial charge on any atom is 0.123 e. The van der Waals surface area contributed by atoms with E-state index in [9.17, 15) is 9.50 Å². The van der Waals surface area contributed by atoms with Gasteiger partial charge in [0, 0.05) is 36.9 Å². The minimum atomic E-state index is -0.830. The molecule has 0 amide bonds. The molecule has 0 radical (unpaired) electrons. The molecule has 2 bridgehead atoms. The predicted octanol–water partition coefficient (Wildman–Crippen LogP) is 3.06. The Morgan fingerprint density at radius 1 is 1.21 bits per heavy atom. The highest BCUT2D eigenvalue weighted by Gasteiger charge is 2.48. The summed E-state index contributed by atoms with van der Waals surface area (Å²) in [7, 11) is 0. The van der Waals surface area contributed by atoms with Crippen LogP contribution in [-0.4, -0.2) is 31.9 Å². The maximum atomic E-state index is 13.2. The van der Waals surface area contributed by atoms with Gasteiger partial charge in [0.15, 0.2) is 0 Å². The van der Waals surface area contributed by atoms with Crippen molar-refractivity contribution < 1.29 is 9.50 Å². The highest BCUT2D eigenvalue weighted by atomic mass is 19.1. The molecule has 2 saturated heterocycles. The van der Waals surface area contributed by atoms with Crippen molar-refractivity contribution in [1.29, 1.82) is 0 Å². The highest BCUT2D eigenvalue weighted by Crippen LogP contribution is 2.46. The molecule has 0 unspecified atom stereocenters. The van der Waals surface area contributed by atoms with E-state index in [1.165, 1.54) is 17.7 Å². The van der Waals surface area contributed by atoms with Crippen LogP contribution in [0.4, 0.5) is 4.39 Å². The number of rotatable bonds is 4. The fourth-order valence-corrected chi connectivity index (χ4v) is 4.44. The summed E-state index contributed by atoms with van der Waals surface area (Å²) in [5.41, 5.74) is 1.25. The zero-order valence-corrected chi connectivity index (χ0v) is 14.0. The summed E-state index contributed by atoms with van der Waals surface area (Å²) in [6.07, 6.45) is 7.74. The molecule has 1 aromatic carbocycles. The molecule has 2 aliphatic rings. The van der Waals surface area contributed by atoms with E-state index in [2.05, 4.69) is 23.1 Å². The number of piperidine rings is 1. The van der Waals surface area contributed by atoms with Gasteiger partial charge >= 0.3 is 0 Å². The molecule has 1 aromatic heterocycles. The van der Waals surface area contributed by atoms with Crippen LogP contribution in [0.1, 0.15) is 43.7 Å². The van der Waals surface area contributed by atoms with Gasteiger partial charge in [-0.25, -0.2) is 4.39 Å². The fourth-order valence-electron chi connectivity index (χ4n) is 4.44. The quantitative estimate of drug-likeness (QED) is 0.937. The van der Waals surface area contributed by atoms with Crippen LogP contribution in [0, 0.1) is 5.82 Å². The first-order chi connectivity index (χ1) is 11.6. The van der Waals surface area contributed by atoms with Crippen LogP contribution in [0.5, 0.6) is 0 Å². The van der Waals surface area contributed by atoms with Crippen LogP contribution < -0.4 is 0 Å². The fraction of sp³-hybridized carbons (Fsp3) is 0.526. The smallest absolute Gasteiger partial charge is 0.123 e. The molecule has 3 heterocycles. The van der Waals surface area contributed by atoms with Crippen LogP contribution in [0.2, 0.25) is 0 Å². The summed E-state index contributed by atoms with van der Waals surface area (Å²) < 4.78 is 15.1. The number of aliphatic hydroxyl groups is 1. The molecule has 1 N–H and O–H groups in total. The third-order valence-corrected chi connectivity index (χ3v) is 5.68. The van der Waals surface area contributed by atoms with Gasteiger partial charge in [-0.1, -0.05) is 12.1 Å². The lowest BCUT2D eigenvalue weighted by molar-refractivity contribution is -0.0595. The molecular weight excluding hydrogens is 305 g/mol. The molecule has 0 spiro atoms.